The highest BCUT2D eigenvalue weighted by Gasteiger charge is 2.34. The minimum atomic E-state index is 0.489. The number of ether oxygens (including phenoxy) is 2. The molecule has 104 valence electrons. The number of benzene rings is 1. The van der Waals surface area contributed by atoms with Crippen LogP contribution in [-0.2, 0) is 16.1 Å². The summed E-state index contributed by atoms with van der Waals surface area (Å²) in [4.78, 5) is 2.48. The van der Waals surface area contributed by atoms with Gasteiger partial charge >= 0.3 is 0 Å². The second-order valence-corrected chi connectivity index (χ2v) is 5.59. The van der Waals surface area contributed by atoms with Crippen LogP contribution in [0.25, 0.3) is 0 Å². The van der Waals surface area contributed by atoms with Gasteiger partial charge in [0.1, 0.15) is 0 Å². The molecule has 2 fully saturated rings. The Bertz CT molecular complexity index is 378. The smallest absolute Gasteiger partial charge is 0.0730 e. The molecule has 0 radical (unpaired) electrons. The highest BCUT2D eigenvalue weighted by molar-refractivity contribution is 5.13. The molecule has 1 aliphatic heterocycles. The van der Waals surface area contributed by atoms with Gasteiger partial charge in [-0.1, -0.05) is 30.3 Å². The lowest BCUT2D eigenvalue weighted by Crippen LogP contribution is -2.44. The Kier molecular flexibility index (Phi) is 4.49. The highest BCUT2D eigenvalue weighted by atomic mass is 16.5. The Balaban J connectivity index is 1.33. The zero-order valence-electron chi connectivity index (χ0n) is 11.5. The number of rotatable bonds is 6. The van der Waals surface area contributed by atoms with E-state index in [4.69, 9.17) is 9.47 Å². The molecule has 3 heteroatoms. The van der Waals surface area contributed by atoms with Crippen LogP contribution >= 0.6 is 0 Å². The van der Waals surface area contributed by atoms with Crippen LogP contribution in [0, 0.1) is 5.92 Å². The summed E-state index contributed by atoms with van der Waals surface area (Å²) in [5, 5.41) is 0. The Morgan fingerprint density at radius 1 is 1.21 bits per heavy atom. The van der Waals surface area contributed by atoms with Gasteiger partial charge in [0.15, 0.2) is 0 Å². The molecule has 3 nitrogen and oxygen atoms in total. The van der Waals surface area contributed by atoms with Crippen LogP contribution in [0.3, 0.4) is 0 Å². The van der Waals surface area contributed by atoms with Crippen molar-refractivity contribution in [1.29, 1.82) is 0 Å². The monoisotopic (exact) mass is 261 g/mol. The molecule has 1 saturated heterocycles. The van der Waals surface area contributed by atoms with Gasteiger partial charge in [-0.15, -0.1) is 0 Å². The lowest BCUT2D eigenvalue weighted by molar-refractivity contribution is -0.0466. The van der Waals surface area contributed by atoms with Crippen molar-refractivity contribution >= 4 is 0 Å². The third kappa shape index (κ3) is 4.03. The predicted molar refractivity (Wildman–Crippen MR) is 75.0 cm³/mol. The summed E-state index contributed by atoms with van der Waals surface area (Å²) in [5.74, 6) is 0.841. The first-order valence-electron chi connectivity index (χ1n) is 7.37. The lowest BCUT2D eigenvalue weighted by atomic mass is 10.2. The van der Waals surface area contributed by atoms with Crippen molar-refractivity contribution in [2.75, 3.05) is 32.8 Å². The minimum Gasteiger partial charge on any atom is -0.375 e. The number of hydrogen-bond donors (Lipinski definition) is 0. The van der Waals surface area contributed by atoms with Crippen LogP contribution in [0.4, 0.5) is 0 Å². The second kappa shape index (κ2) is 6.51. The standard InChI is InChI=1S/C16H23NO2/c1-2-4-14(5-3-1)13-18-10-8-17-9-11-19-16(12-17)15-6-7-15/h1-5,15-16H,6-13H2. The summed E-state index contributed by atoms with van der Waals surface area (Å²) >= 11 is 0. The van der Waals surface area contributed by atoms with Gasteiger partial charge in [0.05, 0.1) is 25.9 Å². The summed E-state index contributed by atoms with van der Waals surface area (Å²) in [6.07, 6.45) is 3.22. The Morgan fingerprint density at radius 3 is 2.84 bits per heavy atom. The van der Waals surface area contributed by atoms with E-state index in [1.54, 1.807) is 0 Å². The first-order valence-corrected chi connectivity index (χ1v) is 7.37. The van der Waals surface area contributed by atoms with Gasteiger partial charge in [0, 0.05) is 19.6 Å². The normalized spacial score (nSPS) is 24.5. The van der Waals surface area contributed by atoms with E-state index in [1.807, 2.05) is 6.07 Å². The quantitative estimate of drug-likeness (QED) is 0.734. The maximum Gasteiger partial charge on any atom is 0.0730 e. The molecule has 1 unspecified atom stereocenters. The number of morpholine rings is 1. The van der Waals surface area contributed by atoms with Gasteiger partial charge in [0.2, 0.25) is 0 Å². The van der Waals surface area contributed by atoms with Crippen molar-refractivity contribution in [2.45, 2.75) is 25.6 Å². The van der Waals surface area contributed by atoms with E-state index in [-0.39, 0.29) is 0 Å². The molecule has 1 aromatic rings. The summed E-state index contributed by atoms with van der Waals surface area (Å²) in [6, 6.07) is 10.4. The summed E-state index contributed by atoms with van der Waals surface area (Å²) in [5.41, 5.74) is 1.25. The third-order valence-corrected chi connectivity index (χ3v) is 3.99. The third-order valence-electron chi connectivity index (χ3n) is 3.99. The fraction of sp³-hybridized carbons (Fsp3) is 0.625. The predicted octanol–water partition coefficient (Wildman–Crippen LogP) is 2.31. The molecule has 3 rings (SSSR count). The van der Waals surface area contributed by atoms with Gasteiger partial charge in [-0.25, -0.2) is 0 Å². The van der Waals surface area contributed by atoms with Crippen molar-refractivity contribution in [3.05, 3.63) is 35.9 Å². The number of nitrogens with zero attached hydrogens (tertiary/aromatic N) is 1. The molecular weight excluding hydrogens is 238 g/mol. The summed E-state index contributed by atoms with van der Waals surface area (Å²) in [6.45, 7) is 5.60. The second-order valence-electron chi connectivity index (χ2n) is 5.59. The van der Waals surface area contributed by atoms with Crippen molar-refractivity contribution in [3.8, 4) is 0 Å². The Morgan fingerprint density at radius 2 is 2.05 bits per heavy atom. The summed E-state index contributed by atoms with van der Waals surface area (Å²) in [7, 11) is 0. The van der Waals surface area contributed by atoms with E-state index >= 15 is 0 Å². The van der Waals surface area contributed by atoms with Crippen LogP contribution in [0.2, 0.25) is 0 Å². The average Bonchev–Trinajstić information content (AvgIpc) is 3.30. The van der Waals surface area contributed by atoms with E-state index < -0.39 is 0 Å². The molecule has 1 atom stereocenters. The summed E-state index contributed by atoms with van der Waals surface area (Å²) < 4.78 is 11.6. The first kappa shape index (κ1) is 13.1. The van der Waals surface area contributed by atoms with Crippen molar-refractivity contribution in [3.63, 3.8) is 0 Å². The lowest BCUT2D eigenvalue weighted by Gasteiger charge is -2.32. The van der Waals surface area contributed by atoms with Crippen LogP contribution in [0.5, 0.6) is 0 Å². The Labute approximate surface area is 115 Å². The SMILES string of the molecule is c1ccc(COCCN2CCOC(C3CC3)C2)cc1. The maximum absolute atomic E-state index is 5.83. The molecule has 2 aliphatic rings. The van der Waals surface area contributed by atoms with E-state index in [0.717, 1.165) is 45.4 Å². The highest BCUT2D eigenvalue weighted by Crippen LogP contribution is 2.35. The molecule has 0 spiro atoms. The first-order chi connectivity index (χ1) is 9.42. The molecule has 1 aliphatic carbocycles. The van der Waals surface area contributed by atoms with E-state index in [2.05, 4.69) is 29.2 Å². The molecule has 1 heterocycles. The molecule has 0 aromatic heterocycles. The van der Waals surface area contributed by atoms with Crippen molar-refractivity contribution in [2.24, 2.45) is 5.92 Å². The van der Waals surface area contributed by atoms with Gasteiger partial charge in [-0.05, 0) is 24.3 Å². The Hall–Kier alpha value is -0.900. The molecule has 0 N–H and O–H groups in total. The zero-order chi connectivity index (χ0) is 12.9. The van der Waals surface area contributed by atoms with Gasteiger partial charge < -0.3 is 9.47 Å². The molecule has 0 bridgehead atoms. The van der Waals surface area contributed by atoms with Gasteiger partial charge in [-0.3, -0.25) is 4.90 Å². The zero-order valence-corrected chi connectivity index (χ0v) is 11.5. The molecule has 19 heavy (non-hydrogen) atoms. The number of hydrogen-bond acceptors (Lipinski definition) is 3. The molecule has 0 amide bonds. The van der Waals surface area contributed by atoms with Crippen molar-refractivity contribution < 1.29 is 9.47 Å². The van der Waals surface area contributed by atoms with Crippen LogP contribution < -0.4 is 0 Å². The van der Waals surface area contributed by atoms with Crippen LogP contribution in [-0.4, -0.2) is 43.9 Å². The molecular formula is C16H23NO2. The van der Waals surface area contributed by atoms with Gasteiger partial charge in [0.25, 0.3) is 0 Å². The largest absolute Gasteiger partial charge is 0.375 e. The fourth-order valence-corrected chi connectivity index (χ4v) is 2.65. The van der Waals surface area contributed by atoms with Gasteiger partial charge in [-0.2, -0.15) is 0 Å². The van der Waals surface area contributed by atoms with Crippen LogP contribution in [0.15, 0.2) is 30.3 Å². The van der Waals surface area contributed by atoms with Crippen LogP contribution in [0.1, 0.15) is 18.4 Å². The van der Waals surface area contributed by atoms with E-state index in [1.165, 1.54) is 18.4 Å². The van der Waals surface area contributed by atoms with E-state index in [0.29, 0.717) is 6.10 Å². The topological polar surface area (TPSA) is 21.7 Å². The van der Waals surface area contributed by atoms with E-state index in [9.17, 15) is 0 Å². The minimum absolute atomic E-state index is 0.489. The fourth-order valence-electron chi connectivity index (χ4n) is 2.65. The molecule has 1 aromatic carbocycles. The molecule has 1 saturated carbocycles. The average molecular weight is 261 g/mol. The van der Waals surface area contributed by atoms with Crippen molar-refractivity contribution in [1.82, 2.24) is 4.90 Å². The maximum atomic E-state index is 5.83.